The van der Waals surface area contributed by atoms with Gasteiger partial charge in [0, 0.05) is 31.7 Å². The molecule has 0 spiro atoms. The maximum atomic E-state index is 3.70. The first-order valence-electron chi connectivity index (χ1n) is 6.22. The van der Waals surface area contributed by atoms with Crippen molar-refractivity contribution in [3.63, 3.8) is 0 Å². The normalized spacial score (nSPS) is 40.9. The largest absolute Gasteiger partial charge is 0.309 e. The van der Waals surface area contributed by atoms with E-state index < -0.39 is 0 Å². The topological polar surface area (TPSA) is 15.3 Å². The number of hydrogen-bond acceptors (Lipinski definition) is 2. The van der Waals surface area contributed by atoms with Crippen molar-refractivity contribution < 1.29 is 0 Å². The SMILES string of the molecule is CC1(CN2CC3CCC(C2)N3)CCC1. The molecule has 0 aromatic carbocycles. The third-order valence-corrected chi connectivity index (χ3v) is 4.46. The van der Waals surface area contributed by atoms with Gasteiger partial charge >= 0.3 is 0 Å². The number of hydrogen-bond donors (Lipinski definition) is 1. The Morgan fingerprint density at radius 2 is 1.86 bits per heavy atom. The molecular formula is C12H22N2. The van der Waals surface area contributed by atoms with E-state index in [9.17, 15) is 0 Å². The standard InChI is InChI=1S/C12H22N2/c1-12(5-2-6-12)9-14-7-10-3-4-11(8-14)13-10/h10-11,13H,2-9H2,1H3. The molecule has 0 aromatic rings. The van der Waals surface area contributed by atoms with Gasteiger partial charge in [-0.05, 0) is 31.1 Å². The van der Waals surface area contributed by atoms with E-state index in [2.05, 4.69) is 17.1 Å². The lowest BCUT2D eigenvalue weighted by molar-refractivity contribution is 0.0663. The van der Waals surface area contributed by atoms with Gasteiger partial charge in [-0.25, -0.2) is 0 Å². The summed E-state index contributed by atoms with van der Waals surface area (Å²) in [5, 5.41) is 3.70. The minimum Gasteiger partial charge on any atom is -0.309 e. The summed E-state index contributed by atoms with van der Waals surface area (Å²) in [6, 6.07) is 1.63. The van der Waals surface area contributed by atoms with Gasteiger partial charge in [-0.15, -0.1) is 0 Å². The van der Waals surface area contributed by atoms with Crippen molar-refractivity contribution >= 4 is 0 Å². The molecule has 14 heavy (non-hydrogen) atoms. The van der Waals surface area contributed by atoms with E-state index in [4.69, 9.17) is 0 Å². The van der Waals surface area contributed by atoms with E-state index >= 15 is 0 Å². The van der Waals surface area contributed by atoms with Crippen molar-refractivity contribution in [3.05, 3.63) is 0 Å². The predicted molar refractivity (Wildman–Crippen MR) is 58.3 cm³/mol. The van der Waals surface area contributed by atoms with Crippen LogP contribution in [-0.2, 0) is 0 Å². The Hall–Kier alpha value is -0.0800. The first-order chi connectivity index (χ1) is 6.73. The summed E-state index contributed by atoms with van der Waals surface area (Å²) in [6.45, 7) is 6.46. The number of likely N-dealkylation sites (tertiary alicyclic amines) is 1. The molecule has 2 nitrogen and oxygen atoms in total. The molecule has 0 radical (unpaired) electrons. The van der Waals surface area contributed by atoms with Crippen LogP contribution < -0.4 is 5.32 Å². The van der Waals surface area contributed by atoms with Crippen LogP contribution in [0, 0.1) is 5.41 Å². The van der Waals surface area contributed by atoms with E-state index in [1.807, 2.05) is 0 Å². The van der Waals surface area contributed by atoms with Gasteiger partial charge in [-0.3, -0.25) is 4.90 Å². The number of nitrogens with zero attached hydrogens (tertiary/aromatic N) is 1. The van der Waals surface area contributed by atoms with E-state index in [0.29, 0.717) is 5.41 Å². The fourth-order valence-corrected chi connectivity index (χ4v) is 3.50. The molecule has 0 amide bonds. The summed E-state index contributed by atoms with van der Waals surface area (Å²) in [4.78, 5) is 2.72. The van der Waals surface area contributed by atoms with Gasteiger partial charge in [-0.1, -0.05) is 13.3 Å². The lowest BCUT2D eigenvalue weighted by atomic mass is 9.70. The highest BCUT2D eigenvalue weighted by atomic mass is 15.2. The van der Waals surface area contributed by atoms with Gasteiger partial charge in [0.15, 0.2) is 0 Å². The molecule has 1 aliphatic carbocycles. The van der Waals surface area contributed by atoms with E-state index in [0.717, 1.165) is 12.1 Å². The molecule has 3 rings (SSSR count). The molecule has 2 aliphatic heterocycles. The lowest BCUT2D eigenvalue weighted by Gasteiger charge is -2.44. The van der Waals surface area contributed by atoms with Gasteiger partial charge in [0.1, 0.15) is 0 Å². The van der Waals surface area contributed by atoms with Gasteiger partial charge in [0.05, 0.1) is 0 Å². The fraction of sp³-hybridized carbons (Fsp3) is 1.00. The number of fused-ring (bicyclic) bond motifs is 2. The highest BCUT2D eigenvalue weighted by molar-refractivity contribution is 4.95. The minimum atomic E-state index is 0.677. The van der Waals surface area contributed by atoms with E-state index in [1.54, 1.807) is 0 Å². The van der Waals surface area contributed by atoms with Crippen molar-refractivity contribution in [3.8, 4) is 0 Å². The number of rotatable bonds is 2. The van der Waals surface area contributed by atoms with Crippen molar-refractivity contribution in [2.45, 2.75) is 51.1 Å². The summed E-state index contributed by atoms with van der Waals surface area (Å²) in [5.74, 6) is 0. The monoisotopic (exact) mass is 194 g/mol. The van der Waals surface area contributed by atoms with Crippen molar-refractivity contribution in [1.82, 2.24) is 10.2 Å². The van der Waals surface area contributed by atoms with Crippen LogP contribution in [0.25, 0.3) is 0 Å². The molecule has 2 saturated heterocycles. The zero-order valence-electron chi connectivity index (χ0n) is 9.26. The zero-order chi connectivity index (χ0) is 9.60. The molecule has 2 bridgehead atoms. The smallest absolute Gasteiger partial charge is 0.0198 e. The Bertz CT molecular complexity index is 210. The predicted octanol–water partition coefficient (Wildman–Crippen LogP) is 1.61. The summed E-state index contributed by atoms with van der Waals surface area (Å²) < 4.78 is 0. The van der Waals surface area contributed by atoms with Crippen LogP contribution in [0.5, 0.6) is 0 Å². The minimum absolute atomic E-state index is 0.677. The zero-order valence-corrected chi connectivity index (χ0v) is 9.26. The first-order valence-corrected chi connectivity index (χ1v) is 6.22. The van der Waals surface area contributed by atoms with E-state index in [1.165, 1.54) is 51.7 Å². The summed E-state index contributed by atoms with van der Waals surface area (Å²) in [7, 11) is 0. The summed E-state index contributed by atoms with van der Waals surface area (Å²) in [5.41, 5.74) is 0.677. The van der Waals surface area contributed by atoms with Gasteiger partial charge < -0.3 is 5.32 Å². The van der Waals surface area contributed by atoms with Gasteiger partial charge in [0.2, 0.25) is 0 Å². The van der Waals surface area contributed by atoms with Crippen LogP contribution >= 0.6 is 0 Å². The maximum absolute atomic E-state index is 3.70. The van der Waals surface area contributed by atoms with Crippen LogP contribution in [0.4, 0.5) is 0 Å². The molecule has 2 unspecified atom stereocenters. The van der Waals surface area contributed by atoms with E-state index in [-0.39, 0.29) is 0 Å². The van der Waals surface area contributed by atoms with Crippen LogP contribution in [-0.4, -0.2) is 36.6 Å². The fourth-order valence-electron chi connectivity index (χ4n) is 3.50. The molecule has 2 heteroatoms. The quantitative estimate of drug-likeness (QED) is 0.718. The first kappa shape index (κ1) is 9.17. The number of nitrogens with one attached hydrogen (secondary N) is 1. The molecule has 3 aliphatic rings. The van der Waals surface area contributed by atoms with Crippen LogP contribution in [0.2, 0.25) is 0 Å². The Labute approximate surface area is 87.0 Å². The van der Waals surface area contributed by atoms with Crippen LogP contribution in [0.1, 0.15) is 39.0 Å². The Morgan fingerprint density at radius 1 is 1.21 bits per heavy atom. The summed E-state index contributed by atoms with van der Waals surface area (Å²) in [6.07, 6.45) is 7.23. The average Bonchev–Trinajstić information content (AvgIpc) is 2.43. The van der Waals surface area contributed by atoms with Crippen LogP contribution in [0.15, 0.2) is 0 Å². The lowest BCUT2D eigenvalue weighted by Crippen LogP contribution is -2.54. The Kier molecular flexibility index (Phi) is 2.10. The molecule has 2 heterocycles. The molecule has 1 N–H and O–H groups in total. The third kappa shape index (κ3) is 1.59. The summed E-state index contributed by atoms with van der Waals surface area (Å²) >= 11 is 0. The van der Waals surface area contributed by atoms with Crippen molar-refractivity contribution in [2.75, 3.05) is 19.6 Å². The Balaban J connectivity index is 1.58. The second-order valence-electron chi connectivity index (χ2n) is 6.00. The van der Waals surface area contributed by atoms with Gasteiger partial charge in [0.25, 0.3) is 0 Å². The highest BCUT2D eigenvalue weighted by Crippen LogP contribution is 2.41. The Morgan fingerprint density at radius 3 is 2.36 bits per heavy atom. The maximum Gasteiger partial charge on any atom is 0.0198 e. The second kappa shape index (κ2) is 3.21. The van der Waals surface area contributed by atoms with Crippen molar-refractivity contribution in [1.29, 1.82) is 0 Å². The third-order valence-electron chi connectivity index (χ3n) is 4.46. The molecular weight excluding hydrogens is 172 g/mol. The molecule has 3 fully saturated rings. The molecule has 1 saturated carbocycles. The number of piperazine rings is 1. The average molecular weight is 194 g/mol. The molecule has 2 atom stereocenters. The van der Waals surface area contributed by atoms with Crippen molar-refractivity contribution in [2.24, 2.45) is 5.41 Å². The highest BCUT2D eigenvalue weighted by Gasteiger charge is 2.38. The van der Waals surface area contributed by atoms with Gasteiger partial charge in [-0.2, -0.15) is 0 Å². The molecule has 80 valence electrons. The molecule has 0 aromatic heterocycles. The van der Waals surface area contributed by atoms with Crippen LogP contribution in [0.3, 0.4) is 0 Å². The second-order valence-corrected chi connectivity index (χ2v) is 6.00.